The summed E-state index contributed by atoms with van der Waals surface area (Å²) in [6.45, 7) is 1.95. The first-order valence-electron chi connectivity index (χ1n) is 7.09. The Morgan fingerprint density at radius 2 is 1.96 bits per heavy atom. The SMILES string of the molecule is COc1ccc(C)cc1NC(=O)c1cc(-c2ccncc2)n[nH]1. The second kappa shape index (κ2) is 6.31. The van der Waals surface area contributed by atoms with Crippen molar-refractivity contribution in [3.63, 3.8) is 0 Å². The van der Waals surface area contributed by atoms with Crippen LogP contribution in [0.2, 0.25) is 0 Å². The molecule has 0 radical (unpaired) electrons. The highest BCUT2D eigenvalue weighted by Gasteiger charge is 2.13. The fourth-order valence-corrected chi connectivity index (χ4v) is 2.22. The molecule has 0 fully saturated rings. The van der Waals surface area contributed by atoms with Gasteiger partial charge in [0.05, 0.1) is 18.5 Å². The number of aryl methyl sites for hydroxylation is 1. The minimum Gasteiger partial charge on any atom is -0.495 e. The summed E-state index contributed by atoms with van der Waals surface area (Å²) < 4.78 is 5.26. The summed E-state index contributed by atoms with van der Waals surface area (Å²) in [5.41, 5.74) is 3.61. The standard InChI is InChI=1S/C17H16N4O2/c1-11-3-4-16(23-2)14(9-11)19-17(22)15-10-13(20-21-15)12-5-7-18-8-6-12/h3-10H,1-2H3,(H,19,22)(H,20,21). The van der Waals surface area contributed by atoms with Gasteiger partial charge in [0, 0.05) is 18.0 Å². The molecular formula is C17H16N4O2. The van der Waals surface area contributed by atoms with Crippen molar-refractivity contribution in [3.8, 4) is 17.0 Å². The van der Waals surface area contributed by atoms with Crippen LogP contribution < -0.4 is 10.1 Å². The Balaban J connectivity index is 1.82. The molecule has 3 aromatic rings. The van der Waals surface area contributed by atoms with Crippen LogP contribution in [-0.4, -0.2) is 28.2 Å². The fourth-order valence-electron chi connectivity index (χ4n) is 2.22. The van der Waals surface area contributed by atoms with Crippen molar-refractivity contribution in [2.45, 2.75) is 6.92 Å². The Hall–Kier alpha value is -3.15. The summed E-state index contributed by atoms with van der Waals surface area (Å²) in [4.78, 5) is 16.4. The van der Waals surface area contributed by atoms with Crippen molar-refractivity contribution in [2.75, 3.05) is 12.4 Å². The summed E-state index contributed by atoms with van der Waals surface area (Å²) >= 11 is 0. The highest BCUT2D eigenvalue weighted by atomic mass is 16.5. The van der Waals surface area contributed by atoms with E-state index in [1.54, 1.807) is 25.6 Å². The lowest BCUT2D eigenvalue weighted by molar-refractivity contribution is 0.102. The van der Waals surface area contributed by atoms with E-state index in [1.165, 1.54) is 0 Å². The summed E-state index contributed by atoms with van der Waals surface area (Å²) in [6.07, 6.45) is 3.36. The molecule has 3 rings (SSSR count). The average Bonchev–Trinajstić information content (AvgIpc) is 3.06. The number of benzene rings is 1. The van der Waals surface area contributed by atoms with Crippen LogP contribution in [0.15, 0.2) is 48.8 Å². The molecule has 6 heteroatoms. The molecule has 2 heterocycles. The summed E-state index contributed by atoms with van der Waals surface area (Å²) in [5.74, 6) is 0.333. The number of pyridine rings is 1. The third kappa shape index (κ3) is 3.21. The third-order valence-corrected chi connectivity index (χ3v) is 3.40. The Kier molecular flexibility index (Phi) is 4.05. The summed E-state index contributed by atoms with van der Waals surface area (Å²) in [5, 5.41) is 9.75. The quantitative estimate of drug-likeness (QED) is 0.776. The number of anilines is 1. The minimum atomic E-state index is -0.276. The van der Waals surface area contributed by atoms with E-state index in [1.807, 2.05) is 37.3 Å². The fraction of sp³-hybridized carbons (Fsp3) is 0.118. The number of nitrogens with one attached hydrogen (secondary N) is 2. The van der Waals surface area contributed by atoms with Crippen molar-refractivity contribution in [2.24, 2.45) is 0 Å². The van der Waals surface area contributed by atoms with Gasteiger partial charge in [-0.1, -0.05) is 6.07 Å². The van der Waals surface area contributed by atoms with E-state index in [2.05, 4.69) is 20.5 Å². The number of rotatable bonds is 4. The van der Waals surface area contributed by atoms with E-state index < -0.39 is 0 Å². The van der Waals surface area contributed by atoms with Crippen LogP contribution in [0.25, 0.3) is 11.3 Å². The van der Waals surface area contributed by atoms with Crippen molar-refractivity contribution in [3.05, 3.63) is 60.0 Å². The Bertz CT molecular complexity index is 828. The average molecular weight is 308 g/mol. The zero-order chi connectivity index (χ0) is 16.2. The molecule has 2 N–H and O–H groups in total. The van der Waals surface area contributed by atoms with E-state index in [4.69, 9.17) is 4.74 Å². The Morgan fingerprint density at radius 3 is 2.70 bits per heavy atom. The predicted octanol–water partition coefficient (Wildman–Crippen LogP) is 3.04. The van der Waals surface area contributed by atoms with E-state index in [9.17, 15) is 4.79 Å². The molecule has 0 saturated heterocycles. The maximum atomic E-state index is 12.4. The number of aromatic nitrogens is 3. The highest BCUT2D eigenvalue weighted by Crippen LogP contribution is 2.26. The first-order chi connectivity index (χ1) is 11.2. The van der Waals surface area contributed by atoms with Crippen molar-refractivity contribution in [1.29, 1.82) is 0 Å². The predicted molar refractivity (Wildman–Crippen MR) is 87.5 cm³/mol. The highest BCUT2D eigenvalue weighted by molar-refractivity contribution is 6.04. The Labute approximate surface area is 133 Å². The van der Waals surface area contributed by atoms with Gasteiger partial charge in [-0.2, -0.15) is 5.10 Å². The number of hydrogen-bond donors (Lipinski definition) is 2. The van der Waals surface area contributed by atoms with Gasteiger partial charge in [0.2, 0.25) is 0 Å². The van der Waals surface area contributed by atoms with Gasteiger partial charge < -0.3 is 10.1 Å². The number of H-pyrrole nitrogens is 1. The second-order valence-corrected chi connectivity index (χ2v) is 5.06. The summed E-state index contributed by atoms with van der Waals surface area (Å²) in [6, 6.07) is 11.0. The van der Waals surface area contributed by atoms with Crippen LogP contribution in [0.3, 0.4) is 0 Å². The van der Waals surface area contributed by atoms with Crippen molar-refractivity contribution >= 4 is 11.6 Å². The molecule has 116 valence electrons. The van der Waals surface area contributed by atoms with Gasteiger partial charge in [0.25, 0.3) is 5.91 Å². The van der Waals surface area contributed by atoms with Gasteiger partial charge in [-0.25, -0.2) is 0 Å². The van der Waals surface area contributed by atoms with Crippen LogP contribution >= 0.6 is 0 Å². The van der Waals surface area contributed by atoms with Crippen LogP contribution in [0.4, 0.5) is 5.69 Å². The van der Waals surface area contributed by atoms with Gasteiger partial charge in [-0.15, -0.1) is 0 Å². The number of carbonyl (C=O) groups excluding carboxylic acids is 1. The number of hydrogen-bond acceptors (Lipinski definition) is 4. The molecule has 0 aliphatic heterocycles. The number of ether oxygens (including phenoxy) is 1. The smallest absolute Gasteiger partial charge is 0.273 e. The minimum absolute atomic E-state index is 0.276. The molecule has 0 bridgehead atoms. The zero-order valence-corrected chi connectivity index (χ0v) is 12.8. The summed E-state index contributed by atoms with van der Waals surface area (Å²) in [7, 11) is 1.57. The lowest BCUT2D eigenvalue weighted by atomic mass is 10.2. The van der Waals surface area contributed by atoms with Crippen LogP contribution in [0.5, 0.6) is 5.75 Å². The van der Waals surface area contributed by atoms with Crippen molar-refractivity contribution < 1.29 is 9.53 Å². The van der Waals surface area contributed by atoms with E-state index in [-0.39, 0.29) is 5.91 Å². The van der Waals surface area contributed by atoms with Gasteiger partial charge in [0.15, 0.2) is 0 Å². The lowest BCUT2D eigenvalue weighted by Crippen LogP contribution is -2.13. The van der Waals surface area contributed by atoms with Crippen LogP contribution in [0.1, 0.15) is 16.1 Å². The molecule has 0 spiro atoms. The number of aromatic amines is 1. The van der Waals surface area contributed by atoms with Crippen LogP contribution in [0, 0.1) is 6.92 Å². The Morgan fingerprint density at radius 1 is 1.17 bits per heavy atom. The number of amides is 1. The lowest BCUT2D eigenvalue weighted by Gasteiger charge is -2.10. The van der Waals surface area contributed by atoms with Gasteiger partial charge in [-0.3, -0.25) is 14.9 Å². The number of nitrogens with zero attached hydrogens (tertiary/aromatic N) is 2. The molecule has 0 unspecified atom stereocenters. The topological polar surface area (TPSA) is 79.9 Å². The first kappa shape index (κ1) is 14.8. The third-order valence-electron chi connectivity index (χ3n) is 3.40. The monoisotopic (exact) mass is 308 g/mol. The molecule has 6 nitrogen and oxygen atoms in total. The molecule has 0 aliphatic rings. The molecule has 0 atom stereocenters. The molecule has 1 aromatic carbocycles. The van der Waals surface area contributed by atoms with Gasteiger partial charge >= 0.3 is 0 Å². The van der Waals surface area contributed by atoms with Gasteiger partial charge in [-0.05, 0) is 42.8 Å². The van der Waals surface area contributed by atoms with E-state index >= 15 is 0 Å². The molecule has 0 aliphatic carbocycles. The maximum Gasteiger partial charge on any atom is 0.273 e. The van der Waals surface area contributed by atoms with E-state index in [0.29, 0.717) is 22.8 Å². The van der Waals surface area contributed by atoms with Crippen LogP contribution in [-0.2, 0) is 0 Å². The van der Waals surface area contributed by atoms with Gasteiger partial charge in [0.1, 0.15) is 11.4 Å². The van der Waals surface area contributed by atoms with E-state index in [0.717, 1.165) is 11.1 Å². The molecule has 2 aromatic heterocycles. The molecule has 0 saturated carbocycles. The largest absolute Gasteiger partial charge is 0.495 e. The zero-order valence-electron chi connectivity index (χ0n) is 12.8. The second-order valence-electron chi connectivity index (χ2n) is 5.06. The number of methoxy groups -OCH3 is 1. The molecule has 1 amide bonds. The number of carbonyl (C=O) groups is 1. The molecule has 23 heavy (non-hydrogen) atoms. The molecular weight excluding hydrogens is 292 g/mol. The normalized spacial score (nSPS) is 10.3. The maximum absolute atomic E-state index is 12.4. The van der Waals surface area contributed by atoms with Crippen molar-refractivity contribution in [1.82, 2.24) is 15.2 Å². The first-order valence-corrected chi connectivity index (χ1v) is 7.09.